The molecule has 1 aromatic heterocycles. The number of carboxylic acid groups (broad SMARTS) is 1. The van der Waals surface area contributed by atoms with Gasteiger partial charge < -0.3 is 10.0 Å². The number of aromatic nitrogens is 2. The molecule has 1 aliphatic heterocycles. The van der Waals surface area contributed by atoms with Gasteiger partial charge in [0.15, 0.2) is 0 Å². The molecule has 1 aromatic rings. The van der Waals surface area contributed by atoms with Crippen LogP contribution >= 0.6 is 0 Å². The summed E-state index contributed by atoms with van der Waals surface area (Å²) in [4.78, 5) is 21.2. The molecule has 1 saturated heterocycles. The fourth-order valence-corrected chi connectivity index (χ4v) is 1.97. The first kappa shape index (κ1) is 10.9. The van der Waals surface area contributed by atoms with E-state index in [0.29, 0.717) is 12.8 Å². The number of piperidine rings is 1. The minimum Gasteiger partial charge on any atom is -0.481 e. The summed E-state index contributed by atoms with van der Waals surface area (Å²) < 4.78 is 0. The Balaban J connectivity index is 2.01. The van der Waals surface area contributed by atoms with Crippen LogP contribution in [0.1, 0.15) is 18.5 Å². The van der Waals surface area contributed by atoms with Gasteiger partial charge in [0.2, 0.25) is 0 Å². The van der Waals surface area contributed by atoms with Crippen LogP contribution in [-0.2, 0) is 4.79 Å². The maximum atomic E-state index is 10.8. The molecule has 1 fully saturated rings. The van der Waals surface area contributed by atoms with E-state index in [2.05, 4.69) is 14.9 Å². The average Bonchev–Trinajstić information content (AvgIpc) is 2.29. The van der Waals surface area contributed by atoms with Crippen LogP contribution in [-0.4, -0.2) is 34.1 Å². The van der Waals surface area contributed by atoms with E-state index in [-0.39, 0.29) is 5.92 Å². The smallest absolute Gasteiger partial charge is 0.306 e. The SMILES string of the molecule is Cc1cc(N2CCC(C(=O)O)CC2)ncn1. The quantitative estimate of drug-likeness (QED) is 0.809. The van der Waals surface area contributed by atoms with Gasteiger partial charge in [-0.1, -0.05) is 0 Å². The lowest BCUT2D eigenvalue weighted by Gasteiger charge is -2.30. The van der Waals surface area contributed by atoms with Crippen molar-refractivity contribution in [1.82, 2.24) is 9.97 Å². The normalized spacial score (nSPS) is 17.4. The molecule has 16 heavy (non-hydrogen) atoms. The number of hydrogen-bond acceptors (Lipinski definition) is 4. The Hall–Kier alpha value is -1.65. The monoisotopic (exact) mass is 221 g/mol. The number of aliphatic carboxylic acids is 1. The molecular formula is C11H15N3O2. The van der Waals surface area contributed by atoms with Crippen LogP contribution in [0.2, 0.25) is 0 Å². The lowest BCUT2D eigenvalue weighted by molar-refractivity contribution is -0.142. The number of carbonyl (C=O) groups is 1. The number of rotatable bonds is 2. The van der Waals surface area contributed by atoms with Crippen LogP contribution in [0.25, 0.3) is 0 Å². The van der Waals surface area contributed by atoms with Crippen molar-refractivity contribution in [2.45, 2.75) is 19.8 Å². The van der Waals surface area contributed by atoms with E-state index >= 15 is 0 Å². The lowest BCUT2D eigenvalue weighted by Crippen LogP contribution is -2.36. The molecule has 0 bridgehead atoms. The van der Waals surface area contributed by atoms with Gasteiger partial charge in [0.05, 0.1) is 5.92 Å². The van der Waals surface area contributed by atoms with Crippen LogP contribution in [0.3, 0.4) is 0 Å². The summed E-state index contributed by atoms with van der Waals surface area (Å²) >= 11 is 0. The Morgan fingerprint density at radius 3 is 2.69 bits per heavy atom. The summed E-state index contributed by atoms with van der Waals surface area (Å²) in [6, 6.07) is 1.93. The van der Waals surface area contributed by atoms with Crippen molar-refractivity contribution in [2.24, 2.45) is 5.92 Å². The van der Waals surface area contributed by atoms with E-state index in [0.717, 1.165) is 24.6 Å². The minimum absolute atomic E-state index is 0.195. The molecule has 1 N–H and O–H groups in total. The highest BCUT2D eigenvalue weighted by molar-refractivity contribution is 5.70. The van der Waals surface area contributed by atoms with Gasteiger partial charge >= 0.3 is 5.97 Å². The maximum Gasteiger partial charge on any atom is 0.306 e. The van der Waals surface area contributed by atoms with Crippen molar-refractivity contribution in [3.8, 4) is 0 Å². The molecule has 2 rings (SSSR count). The summed E-state index contributed by atoms with van der Waals surface area (Å²) in [7, 11) is 0. The first-order valence-electron chi connectivity index (χ1n) is 5.43. The van der Waals surface area contributed by atoms with Gasteiger partial charge in [-0.2, -0.15) is 0 Å². The van der Waals surface area contributed by atoms with Crippen LogP contribution in [0, 0.1) is 12.8 Å². The average molecular weight is 221 g/mol. The molecule has 5 heteroatoms. The van der Waals surface area contributed by atoms with Crippen LogP contribution in [0.15, 0.2) is 12.4 Å². The van der Waals surface area contributed by atoms with Gasteiger partial charge in [-0.15, -0.1) is 0 Å². The van der Waals surface area contributed by atoms with Gasteiger partial charge in [0.1, 0.15) is 12.1 Å². The molecule has 0 aliphatic carbocycles. The third kappa shape index (κ3) is 2.29. The summed E-state index contributed by atoms with van der Waals surface area (Å²) in [5.74, 6) is 0.0223. The highest BCUT2D eigenvalue weighted by atomic mass is 16.4. The van der Waals surface area contributed by atoms with Crippen molar-refractivity contribution in [3.05, 3.63) is 18.1 Å². The zero-order valence-corrected chi connectivity index (χ0v) is 9.26. The maximum absolute atomic E-state index is 10.8. The number of aryl methyl sites for hydroxylation is 1. The van der Waals surface area contributed by atoms with Crippen molar-refractivity contribution in [2.75, 3.05) is 18.0 Å². The number of nitrogens with zero attached hydrogens (tertiary/aromatic N) is 3. The van der Waals surface area contributed by atoms with Crippen LogP contribution in [0.5, 0.6) is 0 Å². The van der Waals surface area contributed by atoms with Gasteiger partial charge in [0, 0.05) is 24.8 Å². The molecule has 0 amide bonds. The fourth-order valence-electron chi connectivity index (χ4n) is 1.97. The molecule has 0 spiro atoms. The third-order valence-electron chi connectivity index (χ3n) is 2.96. The van der Waals surface area contributed by atoms with Crippen LogP contribution < -0.4 is 4.90 Å². The standard InChI is InChI=1S/C11H15N3O2/c1-8-6-10(13-7-12-8)14-4-2-9(3-5-14)11(15)16/h6-7,9H,2-5H2,1H3,(H,15,16). The van der Waals surface area contributed by atoms with Gasteiger partial charge in [-0.3, -0.25) is 4.79 Å². The molecule has 0 unspecified atom stereocenters. The number of anilines is 1. The predicted molar refractivity (Wildman–Crippen MR) is 59.3 cm³/mol. The first-order valence-corrected chi connectivity index (χ1v) is 5.43. The zero-order chi connectivity index (χ0) is 11.5. The molecule has 0 aromatic carbocycles. The highest BCUT2D eigenvalue weighted by Crippen LogP contribution is 2.21. The molecular weight excluding hydrogens is 206 g/mol. The van der Waals surface area contributed by atoms with Crippen LogP contribution in [0.4, 0.5) is 5.82 Å². The van der Waals surface area contributed by atoms with E-state index in [1.54, 1.807) is 6.33 Å². The predicted octanol–water partition coefficient (Wildman–Crippen LogP) is 1.09. The second kappa shape index (κ2) is 4.47. The molecule has 0 radical (unpaired) electrons. The summed E-state index contributed by atoms with van der Waals surface area (Å²) in [6.45, 7) is 3.44. The van der Waals surface area contributed by atoms with E-state index in [1.807, 2.05) is 13.0 Å². The highest BCUT2D eigenvalue weighted by Gasteiger charge is 2.24. The largest absolute Gasteiger partial charge is 0.481 e. The minimum atomic E-state index is -0.682. The van der Waals surface area contributed by atoms with Gasteiger partial charge in [-0.05, 0) is 19.8 Å². The molecule has 86 valence electrons. The first-order chi connectivity index (χ1) is 7.66. The van der Waals surface area contributed by atoms with Crippen molar-refractivity contribution in [1.29, 1.82) is 0 Å². The Kier molecular flexibility index (Phi) is 3.03. The van der Waals surface area contributed by atoms with Gasteiger partial charge in [-0.25, -0.2) is 9.97 Å². The summed E-state index contributed by atoms with van der Waals surface area (Å²) in [5, 5.41) is 8.90. The fraction of sp³-hybridized carbons (Fsp3) is 0.545. The Bertz CT molecular complexity index is 387. The second-order valence-corrected chi connectivity index (χ2v) is 4.12. The Morgan fingerprint density at radius 1 is 1.44 bits per heavy atom. The Morgan fingerprint density at radius 2 is 2.12 bits per heavy atom. The lowest BCUT2D eigenvalue weighted by atomic mass is 9.97. The molecule has 0 saturated carbocycles. The molecule has 0 atom stereocenters. The molecule has 2 heterocycles. The van der Waals surface area contributed by atoms with Crippen molar-refractivity contribution < 1.29 is 9.90 Å². The van der Waals surface area contributed by atoms with Crippen molar-refractivity contribution in [3.63, 3.8) is 0 Å². The third-order valence-corrected chi connectivity index (χ3v) is 2.96. The van der Waals surface area contributed by atoms with E-state index in [9.17, 15) is 4.79 Å². The molecule has 1 aliphatic rings. The summed E-state index contributed by atoms with van der Waals surface area (Å²) in [6.07, 6.45) is 2.94. The second-order valence-electron chi connectivity index (χ2n) is 4.12. The summed E-state index contributed by atoms with van der Waals surface area (Å²) in [5.41, 5.74) is 0.936. The zero-order valence-electron chi connectivity index (χ0n) is 9.26. The number of hydrogen-bond donors (Lipinski definition) is 1. The van der Waals surface area contributed by atoms with E-state index < -0.39 is 5.97 Å². The van der Waals surface area contributed by atoms with E-state index in [1.165, 1.54) is 0 Å². The number of carboxylic acids is 1. The molecule has 5 nitrogen and oxygen atoms in total. The van der Waals surface area contributed by atoms with Gasteiger partial charge in [0.25, 0.3) is 0 Å². The van der Waals surface area contributed by atoms with E-state index in [4.69, 9.17) is 5.11 Å². The topological polar surface area (TPSA) is 66.3 Å². The van der Waals surface area contributed by atoms with Crippen molar-refractivity contribution >= 4 is 11.8 Å². The Labute approximate surface area is 94.1 Å².